The summed E-state index contributed by atoms with van der Waals surface area (Å²) in [4.78, 5) is 34.5. The summed E-state index contributed by atoms with van der Waals surface area (Å²) in [6, 6.07) is 12.7. The minimum atomic E-state index is -4.27. The van der Waals surface area contributed by atoms with E-state index in [1.165, 1.54) is 32.9 Å². The number of epoxide rings is 1. The van der Waals surface area contributed by atoms with E-state index in [-0.39, 0.29) is 41.1 Å². The molecular weight excluding hydrogens is 872 g/mol. The number of nitrogens with zero attached hydrogens (tertiary/aromatic N) is 3. The van der Waals surface area contributed by atoms with Crippen molar-refractivity contribution in [2.24, 2.45) is 0 Å². The molecule has 1 aliphatic heterocycles. The first-order valence-corrected chi connectivity index (χ1v) is 22.8. The summed E-state index contributed by atoms with van der Waals surface area (Å²) in [6.45, 7) is 15.6. The van der Waals surface area contributed by atoms with Crippen molar-refractivity contribution in [2.75, 3.05) is 107 Å². The van der Waals surface area contributed by atoms with E-state index in [1.807, 2.05) is 40.1 Å². The van der Waals surface area contributed by atoms with E-state index in [9.17, 15) is 36.7 Å². The maximum Gasteiger partial charge on any atom is 0.216 e. The minimum absolute atomic E-state index is 0. The number of benzene rings is 2. The maximum atomic E-state index is 10.9. The monoisotopic (exact) mass is 944 g/mol. The number of halogens is 2. The highest BCUT2D eigenvalue weighted by molar-refractivity contribution is 7.85. The van der Waals surface area contributed by atoms with Crippen LogP contribution in [0.1, 0.15) is 51.2 Å². The number of likely N-dealkylation sites (N-methyl/N-ethyl adjacent to an activating group) is 2. The fraction of sp³-hybridized carbons (Fsp3) is 0.634. The average Bonchev–Trinajstić information content (AvgIpc) is 3.96. The molecule has 16 nitrogen and oxygen atoms in total. The van der Waals surface area contributed by atoms with E-state index in [2.05, 4.69) is 49.0 Å². The minimum Gasteiger partial charge on any atom is -1.00 e. The molecule has 1 heterocycles. The maximum absolute atomic E-state index is 10.9. The van der Waals surface area contributed by atoms with Crippen LogP contribution in [-0.2, 0) is 40.3 Å². The van der Waals surface area contributed by atoms with Crippen LogP contribution in [0.3, 0.4) is 0 Å². The van der Waals surface area contributed by atoms with Crippen LogP contribution in [0.15, 0.2) is 58.3 Å². The Morgan fingerprint density at radius 3 is 1.46 bits per heavy atom. The predicted molar refractivity (Wildman–Crippen MR) is 238 cm³/mol. The smallest absolute Gasteiger partial charge is 0.216 e. The average molecular weight is 946 g/mol. The van der Waals surface area contributed by atoms with Gasteiger partial charge < -0.3 is 61.2 Å². The van der Waals surface area contributed by atoms with Crippen molar-refractivity contribution in [3.05, 3.63) is 59.7 Å². The number of amides is 3. The van der Waals surface area contributed by atoms with Crippen LogP contribution >= 0.6 is 11.6 Å². The molecule has 2 atom stereocenters. The Hall–Kier alpha value is -2.75. The third-order valence-electron chi connectivity index (χ3n) is 8.30. The summed E-state index contributed by atoms with van der Waals surface area (Å²) >= 11 is 3.44. The Balaban J connectivity index is -0.000000756. The number of hydrogen-bond acceptors (Lipinski definition) is 10. The van der Waals surface area contributed by atoms with Gasteiger partial charge in [0.15, 0.2) is 17.2 Å². The van der Waals surface area contributed by atoms with Crippen LogP contribution in [-0.4, -0.2) is 178 Å². The van der Waals surface area contributed by atoms with Crippen molar-refractivity contribution in [2.45, 2.75) is 75.9 Å². The molecule has 1 aliphatic rings. The second kappa shape index (κ2) is 33.8. The quantitative estimate of drug-likeness (QED) is 0.0309. The zero-order valence-corrected chi connectivity index (χ0v) is 41.2. The van der Waals surface area contributed by atoms with Gasteiger partial charge >= 0.3 is 0 Å². The van der Waals surface area contributed by atoms with Crippen LogP contribution in [0, 0.1) is 13.8 Å². The van der Waals surface area contributed by atoms with Crippen molar-refractivity contribution >= 4 is 50.5 Å². The summed E-state index contributed by atoms with van der Waals surface area (Å²) < 4.78 is 56.4. The normalized spacial score (nSPS) is 13.5. The summed E-state index contributed by atoms with van der Waals surface area (Å²) in [5.74, 6) is 0.719. The number of hydrogen-bond donors (Lipinski definition) is 5. The standard InChI is InChI=1S/C17H36N4O3.C7H16N2O.C7H8O3S.C7H8O2S.C3H5ClO.ClH/c1-15(22)18-9-7-11-20(3,4)13-17(24)14-21(5,6)12-8-10-19-16(2)23;1-7(10)8-5-4-6-9(2)3;1-6-2-4-7(5-3-6)11(8,9)10;1-6-2-4-7(5-3-6)10(8)9;4-1-3-2-5-3;/h17,24H,7-14H2,1-6H3;4-6H2,1-3H3,(H,8,10);2-5H,1H3,(H,8,9,10);2-5H,1H3,(H,8,9);3H,1-2H2;1H. The predicted octanol–water partition coefficient (Wildman–Crippen LogP) is -0.271. The first-order valence-electron chi connectivity index (χ1n) is 19.8. The molecule has 3 amide bonds. The van der Waals surface area contributed by atoms with Gasteiger partial charge in [0, 0.05) is 53.2 Å². The van der Waals surface area contributed by atoms with Crippen molar-refractivity contribution < 1.29 is 67.3 Å². The lowest BCUT2D eigenvalue weighted by Gasteiger charge is -2.36. The number of ether oxygens (including phenoxy) is 1. The Morgan fingerprint density at radius 1 is 0.820 bits per heavy atom. The summed E-state index contributed by atoms with van der Waals surface area (Å²) in [7, 11) is 8.19. The van der Waals surface area contributed by atoms with E-state index >= 15 is 0 Å². The van der Waals surface area contributed by atoms with Crippen LogP contribution in [0.2, 0.25) is 0 Å². The van der Waals surface area contributed by atoms with Gasteiger partial charge in [-0.15, -0.1) is 11.6 Å². The molecule has 1 saturated heterocycles. The van der Waals surface area contributed by atoms with Crippen molar-refractivity contribution in [3.63, 3.8) is 0 Å². The molecule has 354 valence electrons. The highest BCUT2D eigenvalue weighted by atomic mass is 35.5. The molecule has 0 bridgehead atoms. The molecule has 0 radical (unpaired) electrons. The molecule has 3 rings (SSSR count). The van der Waals surface area contributed by atoms with Crippen LogP contribution < -0.4 is 28.4 Å². The van der Waals surface area contributed by atoms with Gasteiger partial charge in [0.25, 0.3) is 0 Å². The topological polar surface area (TPSA) is 218 Å². The van der Waals surface area contributed by atoms with Gasteiger partial charge in [-0.25, -0.2) is 12.6 Å². The van der Waals surface area contributed by atoms with Gasteiger partial charge in [-0.3, -0.25) is 14.4 Å². The highest BCUT2D eigenvalue weighted by Crippen LogP contribution is 2.10. The lowest BCUT2D eigenvalue weighted by Crippen LogP contribution is -3.00. The second-order valence-corrected chi connectivity index (χ2v) is 18.7. The summed E-state index contributed by atoms with van der Waals surface area (Å²) in [6.07, 6.45) is 2.84. The molecule has 1 fully saturated rings. The molecule has 0 spiro atoms. The largest absolute Gasteiger partial charge is 1.00 e. The number of aliphatic hydroxyl groups is 1. The van der Waals surface area contributed by atoms with E-state index in [4.69, 9.17) is 20.9 Å². The summed E-state index contributed by atoms with van der Waals surface area (Å²) in [5, 5.41) is 18.8. The van der Waals surface area contributed by atoms with E-state index < -0.39 is 21.2 Å². The van der Waals surface area contributed by atoms with Gasteiger partial charge in [0.1, 0.15) is 23.2 Å². The second-order valence-electron chi connectivity index (χ2n) is 16.1. The zero-order chi connectivity index (χ0) is 46.5. The van der Waals surface area contributed by atoms with Crippen molar-refractivity contribution in [1.29, 1.82) is 0 Å². The molecular formula is C41H74Cl2N6O10S2. The molecule has 5 N–H and O–H groups in total. The summed E-state index contributed by atoms with van der Waals surface area (Å²) in [5.41, 5.74) is 2.02. The Labute approximate surface area is 379 Å². The molecule has 2 aromatic rings. The third kappa shape index (κ3) is 41.0. The number of rotatable bonds is 19. The lowest BCUT2D eigenvalue weighted by atomic mass is 10.2. The van der Waals surface area contributed by atoms with E-state index in [0.29, 0.717) is 43.1 Å². The van der Waals surface area contributed by atoms with E-state index in [0.717, 1.165) is 72.1 Å². The number of aryl methyl sites for hydroxylation is 2. The third-order valence-corrected chi connectivity index (χ3v) is 10.2. The number of carbonyl (C=O) groups is 3. The number of nitrogens with one attached hydrogen (secondary N) is 3. The number of carbonyl (C=O) groups excluding carboxylic acids is 3. The molecule has 0 aromatic heterocycles. The van der Waals surface area contributed by atoms with Gasteiger partial charge in [0.05, 0.1) is 69.7 Å². The number of aliphatic hydroxyl groups excluding tert-OH is 1. The Kier molecular flexibility index (Phi) is 34.6. The van der Waals surface area contributed by atoms with Gasteiger partial charge in [-0.2, -0.15) is 0 Å². The SMILES string of the molecule is CC(=O)NCCCN(C)C.CC(=O)NCCC[N+](C)(C)CC(O)C[N+](C)(C)CCCNC(C)=O.Cc1ccc(S(=O)(=O)[O-])cc1.Cc1ccc(S(=O)O)cc1.ClCC1CO1.[Cl-]. The molecule has 2 unspecified atom stereocenters. The molecule has 20 heteroatoms. The fourth-order valence-electron chi connectivity index (χ4n) is 5.10. The van der Waals surface area contributed by atoms with Gasteiger partial charge in [-0.1, -0.05) is 35.4 Å². The molecule has 0 saturated carbocycles. The first-order chi connectivity index (χ1) is 27.7. The van der Waals surface area contributed by atoms with Crippen LogP contribution in [0.25, 0.3) is 0 Å². The van der Waals surface area contributed by atoms with E-state index in [1.54, 1.807) is 24.3 Å². The van der Waals surface area contributed by atoms with Gasteiger partial charge in [0.2, 0.25) is 17.7 Å². The zero-order valence-electron chi connectivity index (χ0n) is 38.0. The van der Waals surface area contributed by atoms with Crippen LogP contribution in [0.5, 0.6) is 0 Å². The molecule has 61 heavy (non-hydrogen) atoms. The first kappa shape index (κ1) is 62.5. The fourth-order valence-corrected chi connectivity index (χ4v) is 6.12. The Morgan fingerprint density at radius 2 is 1.18 bits per heavy atom. The Bertz CT molecular complexity index is 1600. The number of quaternary nitrogens is 2. The molecule has 0 aliphatic carbocycles. The van der Waals surface area contributed by atoms with Crippen LogP contribution in [0.4, 0.5) is 0 Å². The van der Waals surface area contributed by atoms with Crippen molar-refractivity contribution in [3.8, 4) is 0 Å². The number of alkyl halides is 1. The lowest BCUT2D eigenvalue weighted by molar-refractivity contribution is -0.914. The highest BCUT2D eigenvalue weighted by Gasteiger charge is 2.26. The van der Waals surface area contributed by atoms with Crippen molar-refractivity contribution in [1.82, 2.24) is 20.9 Å². The molecule has 2 aromatic carbocycles. The van der Waals surface area contributed by atoms with Gasteiger partial charge in [-0.05, 0) is 65.2 Å².